The van der Waals surface area contributed by atoms with Crippen molar-refractivity contribution in [2.45, 2.75) is 33.2 Å². The van der Waals surface area contributed by atoms with Gasteiger partial charge in [-0.3, -0.25) is 4.90 Å². The van der Waals surface area contributed by atoms with Crippen LogP contribution in [0.5, 0.6) is 0 Å². The summed E-state index contributed by atoms with van der Waals surface area (Å²) in [5.74, 6) is 0.560. The predicted molar refractivity (Wildman–Crippen MR) is 89.8 cm³/mol. The molecule has 0 aliphatic heterocycles. The second kappa shape index (κ2) is 8.02. The third-order valence-corrected chi connectivity index (χ3v) is 4.12. The molecule has 0 aliphatic carbocycles. The first-order valence-corrected chi connectivity index (χ1v) is 7.94. The Hall–Kier alpha value is -2.01. The van der Waals surface area contributed by atoms with E-state index in [0.29, 0.717) is 22.8 Å². The van der Waals surface area contributed by atoms with Crippen LogP contribution in [0, 0.1) is 16.1 Å². The van der Waals surface area contributed by atoms with Gasteiger partial charge in [0.25, 0.3) is 0 Å². The van der Waals surface area contributed by atoms with Crippen LogP contribution in [0.1, 0.15) is 30.3 Å². The number of nitriles is 1. The maximum atomic E-state index is 9.30. The number of hydrogen-bond donors (Lipinski definition) is 1. The van der Waals surface area contributed by atoms with E-state index in [1.165, 1.54) is 0 Å². The molecular formula is C16H21N5OS. The van der Waals surface area contributed by atoms with Crippen LogP contribution in [-0.4, -0.2) is 30.9 Å². The molecule has 1 aromatic heterocycles. The number of rotatable bonds is 7. The second-order valence-electron chi connectivity index (χ2n) is 5.42. The van der Waals surface area contributed by atoms with Crippen LogP contribution in [0.4, 0.5) is 0 Å². The summed E-state index contributed by atoms with van der Waals surface area (Å²) < 4.78 is 4.05. The standard InChI is InChI=1S/C16H21N5OS/c1-3-8-20(10-14-6-4-13(9-17)5-7-14)12-21-16(23)19(2)15(11-22)18-21/h4-7,22H,3,8,10-12H2,1-2H3. The van der Waals surface area contributed by atoms with Gasteiger partial charge in [0, 0.05) is 13.6 Å². The first kappa shape index (κ1) is 17.3. The van der Waals surface area contributed by atoms with Crippen molar-refractivity contribution in [1.82, 2.24) is 19.2 Å². The fourth-order valence-corrected chi connectivity index (χ4v) is 2.61. The molecule has 2 rings (SSSR count). The zero-order valence-electron chi connectivity index (χ0n) is 13.4. The summed E-state index contributed by atoms with van der Waals surface area (Å²) in [6, 6.07) is 9.73. The van der Waals surface area contributed by atoms with E-state index < -0.39 is 0 Å². The van der Waals surface area contributed by atoms with Gasteiger partial charge in [-0.05, 0) is 42.9 Å². The molecule has 0 bridgehead atoms. The summed E-state index contributed by atoms with van der Waals surface area (Å²) in [4.78, 5) is 2.24. The summed E-state index contributed by atoms with van der Waals surface area (Å²) in [5.41, 5.74) is 1.80. The molecule has 1 heterocycles. The van der Waals surface area contributed by atoms with Crippen molar-refractivity contribution in [2.75, 3.05) is 6.54 Å². The van der Waals surface area contributed by atoms with Crippen molar-refractivity contribution in [2.24, 2.45) is 7.05 Å². The highest BCUT2D eigenvalue weighted by atomic mass is 32.1. The molecule has 6 nitrogen and oxygen atoms in total. The van der Waals surface area contributed by atoms with Gasteiger partial charge in [-0.1, -0.05) is 19.1 Å². The lowest BCUT2D eigenvalue weighted by molar-refractivity contribution is 0.195. The molecule has 0 saturated heterocycles. The van der Waals surface area contributed by atoms with E-state index in [2.05, 4.69) is 23.0 Å². The molecule has 0 atom stereocenters. The van der Waals surface area contributed by atoms with Crippen molar-refractivity contribution in [3.05, 3.63) is 46.0 Å². The van der Waals surface area contributed by atoms with Gasteiger partial charge < -0.3 is 9.67 Å². The third-order valence-electron chi connectivity index (χ3n) is 3.64. The molecule has 7 heteroatoms. The fourth-order valence-electron chi connectivity index (χ4n) is 2.41. The smallest absolute Gasteiger partial charge is 0.198 e. The lowest BCUT2D eigenvalue weighted by atomic mass is 10.1. The predicted octanol–water partition coefficient (Wildman–Crippen LogP) is 2.18. The summed E-state index contributed by atoms with van der Waals surface area (Å²) >= 11 is 5.37. The Morgan fingerprint density at radius 1 is 1.35 bits per heavy atom. The summed E-state index contributed by atoms with van der Waals surface area (Å²) in [6.07, 6.45) is 1.02. The molecule has 122 valence electrons. The summed E-state index contributed by atoms with van der Waals surface area (Å²) in [5, 5.41) is 22.5. The van der Waals surface area contributed by atoms with Crippen molar-refractivity contribution < 1.29 is 5.11 Å². The summed E-state index contributed by atoms with van der Waals surface area (Å²) in [6.45, 7) is 4.23. The van der Waals surface area contributed by atoms with Gasteiger partial charge in [0.15, 0.2) is 10.6 Å². The number of hydrogen-bond acceptors (Lipinski definition) is 5. The highest BCUT2D eigenvalue weighted by Crippen LogP contribution is 2.09. The number of aliphatic hydroxyl groups excluding tert-OH is 1. The van der Waals surface area contributed by atoms with Crippen LogP contribution in [0.2, 0.25) is 0 Å². The number of aliphatic hydroxyl groups is 1. The van der Waals surface area contributed by atoms with Gasteiger partial charge >= 0.3 is 0 Å². The van der Waals surface area contributed by atoms with Crippen molar-refractivity contribution in [3.8, 4) is 6.07 Å². The number of benzene rings is 1. The topological polar surface area (TPSA) is 70.0 Å². The molecule has 0 saturated carbocycles. The average molecular weight is 331 g/mol. The lowest BCUT2D eigenvalue weighted by Crippen LogP contribution is -2.27. The second-order valence-corrected chi connectivity index (χ2v) is 5.78. The number of aromatic nitrogens is 3. The van der Waals surface area contributed by atoms with Gasteiger partial charge in [0.1, 0.15) is 6.61 Å². The molecule has 23 heavy (non-hydrogen) atoms. The lowest BCUT2D eigenvalue weighted by Gasteiger charge is -2.21. The monoisotopic (exact) mass is 331 g/mol. The highest BCUT2D eigenvalue weighted by Gasteiger charge is 2.11. The van der Waals surface area contributed by atoms with Crippen LogP contribution in [-0.2, 0) is 26.9 Å². The first-order chi connectivity index (χ1) is 11.1. The molecule has 1 N–H and O–H groups in total. The van der Waals surface area contributed by atoms with E-state index >= 15 is 0 Å². The molecule has 0 spiro atoms. The Bertz CT molecular complexity index is 741. The Morgan fingerprint density at radius 2 is 2.04 bits per heavy atom. The van der Waals surface area contributed by atoms with E-state index in [1.807, 2.05) is 31.3 Å². The Morgan fingerprint density at radius 3 is 2.57 bits per heavy atom. The van der Waals surface area contributed by atoms with Crippen LogP contribution < -0.4 is 0 Å². The van der Waals surface area contributed by atoms with Crippen LogP contribution in [0.15, 0.2) is 24.3 Å². The Kier molecular flexibility index (Phi) is 6.04. The minimum Gasteiger partial charge on any atom is -0.388 e. The zero-order chi connectivity index (χ0) is 16.8. The van der Waals surface area contributed by atoms with Gasteiger partial charge in [0.05, 0.1) is 18.3 Å². The van der Waals surface area contributed by atoms with E-state index in [0.717, 1.165) is 25.1 Å². The minimum absolute atomic E-state index is 0.128. The molecule has 0 aliphatic rings. The van der Waals surface area contributed by atoms with E-state index in [-0.39, 0.29) is 6.61 Å². The molecule has 0 fully saturated rings. The number of nitrogens with zero attached hydrogens (tertiary/aromatic N) is 5. The fraction of sp³-hybridized carbons (Fsp3) is 0.438. The summed E-state index contributed by atoms with van der Waals surface area (Å²) in [7, 11) is 1.81. The largest absolute Gasteiger partial charge is 0.388 e. The van der Waals surface area contributed by atoms with Gasteiger partial charge in [-0.25, -0.2) is 4.68 Å². The van der Waals surface area contributed by atoms with Gasteiger partial charge in [-0.2, -0.15) is 10.4 Å². The minimum atomic E-state index is -0.128. The van der Waals surface area contributed by atoms with E-state index in [4.69, 9.17) is 17.5 Å². The van der Waals surface area contributed by atoms with Crippen LogP contribution in [0.3, 0.4) is 0 Å². The van der Waals surface area contributed by atoms with Gasteiger partial charge in [-0.15, -0.1) is 0 Å². The average Bonchev–Trinajstić information content (AvgIpc) is 2.83. The molecule has 0 radical (unpaired) electrons. The SMILES string of the molecule is CCCN(Cc1ccc(C#N)cc1)Cn1nc(CO)n(C)c1=S. The Balaban J connectivity index is 2.15. The van der Waals surface area contributed by atoms with Crippen LogP contribution in [0.25, 0.3) is 0 Å². The van der Waals surface area contributed by atoms with Crippen molar-refractivity contribution in [1.29, 1.82) is 5.26 Å². The zero-order valence-corrected chi connectivity index (χ0v) is 14.3. The maximum absolute atomic E-state index is 9.30. The molecule has 2 aromatic rings. The maximum Gasteiger partial charge on any atom is 0.198 e. The normalized spacial score (nSPS) is 10.9. The third kappa shape index (κ3) is 4.26. The molecular weight excluding hydrogens is 310 g/mol. The van der Waals surface area contributed by atoms with Crippen molar-refractivity contribution >= 4 is 12.2 Å². The van der Waals surface area contributed by atoms with E-state index in [9.17, 15) is 5.11 Å². The molecule has 1 aromatic carbocycles. The van der Waals surface area contributed by atoms with Crippen molar-refractivity contribution in [3.63, 3.8) is 0 Å². The van der Waals surface area contributed by atoms with E-state index in [1.54, 1.807) is 9.25 Å². The molecule has 0 amide bonds. The Labute approximate surface area is 141 Å². The quantitative estimate of drug-likeness (QED) is 0.788. The highest BCUT2D eigenvalue weighted by molar-refractivity contribution is 7.71. The van der Waals surface area contributed by atoms with Gasteiger partial charge in [0.2, 0.25) is 0 Å². The molecule has 0 unspecified atom stereocenters. The van der Waals surface area contributed by atoms with Crippen LogP contribution >= 0.6 is 12.2 Å². The first-order valence-electron chi connectivity index (χ1n) is 7.54.